The number of fused-ring (bicyclic) bond motifs is 1. The molecule has 2 unspecified atom stereocenters. The van der Waals surface area contributed by atoms with Crippen molar-refractivity contribution in [2.45, 2.75) is 45.0 Å². The average Bonchev–Trinajstić information content (AvgIpc) is 2.77. The second-order valence-electron chi connectivity index (χ2n) is 5.73. The first-order valence-corrected chi connectivity index (χ1v) is 6.50. The molecular formula is C14H17BO4. The molecule has 19 heavy (non-hydrogen) atoms. The molecule has 0 amide bonds. The molecule has 3 rings (SSSR count). The van der Waals surface area contributed by atoms with Crippen LogP contribution < -0.4 is 5.46 Å². The van der Waals surface area contributed by atoms with Crippen LogP contribution in [0.3, 0.4) is 0 Å². The van der Waals surface area contributed by atoms with Crippen LogP contribution in [0.2, 0.25) is 0 Å². The standard InChI is InChI=1S/C14H17BO4/c1-10(16)17-8-11-4-6-12(7-5-11)15-18-13(2)9-14(13,3)19-15/h4-7H,8-9H2,1-3H3. The monoisotopic (exact) mass is 260 g/mol. The zero-order valence-electron chi connectivity index (χ0n) is 11.4. The molecule has 2 fully saturated rings. The van der Waals surface area contributed by atoms with Gasteiger partial charge >= 0.3 is 13.1 Å². The summed E-state index contributed by atoms with van der Waals surface area (Å²) in [5.74, 6) is -0.271. The van der Waals surface area contributed by atoms with Gasteiger partial charge < -0.3 is 14.0 Å². The van der Waals surface area contributed by atoms with Crippen molar-refractivity contribution in [2.24, 2.45) is 0 Å². The largest absolute Gasteiger partial charge is 0.494 e. The van der Waals surface area contributed by atoms with Crippen molar-refractivity contribution in [1.82, 2.24) is 0 Å². The van der Waals surface area contributed by atoms with Gasteiger partial charge in [0.25, 0.3) is 0 Å². The van der Waals surface area contributed by atoms with E-state index in [-0.39, 0.29) is 24.3 Å². The Morgan fingerprint density at radius 1 is 1.26 bits per heavy atom. The third kappa shape index (κ3) is 2.17. The zero-order chi connectivity index (χ0) is 13.7. The van der Waals surface area contributed by atoms with E-state index in [0.29, 0.717) is 6.61 Å². The molecule has 1 aliphatic carbocycles. The van der Waals surface area contributed by atoms with Crippen molar-refractivity contribution in [3.05, 3.63) is 29.8 Å². The highest BCUT2D eigenvalue weighted by molar-refractivity contribution is 6.62. The lowest BCUT2D eigenvalue weighted by molar-refractivity contribution is -0.142. The Balaban J connectivity index is 1.65. The molecule has 0 spiro atoms. The maximum Gasteiger partial charge on any atom is 0.494 e. The normalized spacial score (nSPS) is 32.1. The molecule has 0 radical (unpaired) electrons. The van der Waals surface area contributed by atoms with E-state index in [1.807, 2.05) is 24.3 Å². The quantitative estimate of drug-likeness (QED) is 0.609. The molecule has 0 aromatic heterocycles. The van der Waals surface area contributed by atoms with Gasteiger partial charge in [-0.25, -0.2) is 0 Å². The highest BCUT2D eigenvalue weighted by Gasteiger charge is 2.71. The van der Waals surface area contributed by atoms with Gasteiger partial charge in [0, 0.05) is 13.3 Å². The van der Waals surface area contributed by atoms with Crippen molar-refractivity contribution >= 4 is 18.6 Å². The van der Waals surface area contributed by atoms with E-state index in [0.717, 1.165) is 17.4 Å². The van der Waals surface area contributed by atoms with E-state index in [2.05, 4.69) is 13.8 Å². The first-order valence-electron chi connectivity index (χ1n) is 6.50. The number of carbonyl (C=O) groups is 1. The lowest BCUT2D eigenvalue weighted by atomic mass is 9.78. The van der Waals surface area contributed by atoms with Crippen LogP contribution in [-0.2, 0) is 25.4 Å². The minimum absolute atomic E-state index is 0.131. The summed E-state index contributed by atoms with van der Waals surface area (Å²) in [5, 5.41) is 0. The molecular weight excluding hydrogens is 243 g/mol. The smallest absolute Gasteiger partial charge is 0.461 e. The van der Waals surface area contributed by atoms with Gasteiger partial charge in [-0.2, -0.15) is 0 Å². The highest BCUT2D eigenvalue weighted by atomic mass is 16.7. The molecule has 1 saturated carbocycles. The van der Waals surface area contributed by atoms with Crippen molar-refractivity contribution in [3.8, 4) is 0 Å². The lowest BCUT2D eigenvalue weighted by Gasteiger charge is -2.11. The summed E-state index contributed by atoms with van der Waals surface area (Å²) in [7, 11) is -0.286. The number of hydrogen-bond donors (Lipinski definition) is 0. The molecule has 1 aliphatic heterocycles. The van der Waals surface area contributed by atoms with Crippen LogP contribution in [0, 0.1) is 0 Å². The Morgan fingerprint density at radius 3 is 2.37 bits per heavy atom. The number of ether oxygens (including phenoxy) is 1. The Labute approximate surface area is 113 Å². The minimum Gasteiger partial charge on any atom is -0.461 e. The van der Waals surface area contributed by atoms with E-state index in [1.165, 1.54) is 6.92 Å². The maximum absolute atomic E-state index is 10.7. The van der Waals surface area contributed by atoms with Crippen molar-refractivity contribution in [2.75, 3.05) is 0 Å². The second kappa shape index (κ2) is 4.08. The Hall–Kier alpha value is -1.33. The molecule has 5 heteroatoms. The first-order chi connectivity index (χ1) is 8.92. The molecule has 1 saturated heterocycles. The van der Waals surface area contributed by atoms with Crippen LogP contribution in [0.15, 0.2) is 24.3 Å². The van der Waals surface area contributed by atoms with Crippen LogP contribution in [0.5, 0.6) is 0 Å². The SMILES string of the molecule is CC(=O)OCc1ccc(B2OC3(C)CC3(C)O2)cc1. The van der Waals surface area contributed by atoms with Crippen molar-refractivity contribution < 1.29 is 18.8 Å². The molecule has 0 N–H and O–H groups in total. The molecule has 1 heterocycles. The fourth-order valence-electron chi connectivity index (χ4n) is 2.52. The third-order valence-corrected chi connectivity index (χ3v) is 4.10. The third-order valence-electron chi connectivity index (χ3n) is 4.10. The van der Waals surface area contributed by atoms with Gasteiger partial charge in [-0.1, -0.05) is 24.3 Å². The van der Waals surface area contributed by atoms with Crippen LogP contribution in [0.4, 0.5) is 0 Å². The summed E-state index contributed by atoms with van der Waals surface area (Å²) in [4.78, 5) is 10.7. The number of carbonyl (C=O) groups excluding carboxylic acids is 1. The fourth-order valence-corrected chi connectivity index (χ4v) is 2.52. The predicted octanol–water partition coefficient (Wildman–Crippen LogP) is 1.41. The molecule has 2 atom stereocenters. The number of benzene rings is 1. The summed E-state index contributed by atoms with van der Waals surface area (Å²) in [6.45, 7) is 5.88. The second-order valence-corrected chi connectivity index (χ2v) is 5.73. The van der Waals surface area contributed by atoms with Crippen molar-refractivity contribution in [1.29, 1.82) is 0 Å². The first kappa shape index (κ1) is 12.7. The summed E-state index contributed by atoms with van der Waals surface area (Å²) >= 11 is 0. The van der Waals surface area contributed by atoms with Gasteiger partial charge in [0.1, 0.15) is 6.61 Å². The molecule has 1 aromatic carbocycles. The topological polar surface area (TPSA) is 44.8 Å². The van der Waals surface area contributed by atoms with Crippen LogP contribution >= 0.6 is 0 Å². The Kier molecular flexibility index (Phi) is 2.73. The zero-order valence-corrected chi connectivity index (χ0v) is 11.4. The summed E-state index contributed by atoms with van der Waals surface area (Å²) in [5.41, 5.74) is 1.70. The van der Waals surface area contributed by atoms with Gasteiger partial charge in [-0.15, -0.1) is 0 Å². The van der Waals surface area contributed by atoms with E-state index < -0.39 is 0 Å². The highest BCUT2D eigenvalue weighted by Crippen LogP contribution is 2.58. The van der Waals surface area contributed by atoms with E-state index >= 15 is 0 Å². The van der Waals surface area contributed by atoms with Crippen molar-refractivity contribution in [3.63, 3.8) is 0 Å². The van der Waals surface area contributed by atoms with Gasteiger partial charge in [0.2, 0.25) is 0 Å². The minimum atomic E-state index is -0.286. The number of esters is 1. The van der Waals surface area contributed by atoms with Gasteiger partial charge in [-0.05, 0) is 24.9 Å². The van der Waals surface area contributed by atoms with Gasteiger partial charge in [0.15, 0.2) is 0 Å². The molecule has 2 aliphatic rings. The maximum atomic E-state index is 10.7. The Bertz CT molecular complexity index is 499. The van der Waals surface area contributed by atoms with E-state index in [4.69, 9.17) is 14.0 Å². The average molecular weight is 260 g/mol. The summed E-state index contributed by atoms with van der Waals surface area (Å²) in [6, 6.07) is 7.78. The van der Waals surface area contributed by atoms with E-state index in [9.17, 15) is 4.79 Å². The van der Waals surface area contributed by atoms with Crippen LogP contribution in [0.1, 0.15) is 32.8 Å². The molecule has 100 valence electrons. The lowest BCUT2D eigenvalue weighted by Crippen LogP contribution is -2.35. The van der Waals surface area contributed by atoms with Gasteiger partial charge in [0.05, 0.1) is 11.2 Å². The number of rotatable bonds is 3. The molecule has 1 aromatic rings. The number of hydrogen-bond acceptors (Lipinski definition) is 4. The fraction of sp³-hybridized carbons (Fsp3) is 0.500. The van der Waals surface area contributed by atoms with E-state index in [1.54, 1.807) is 0 Å². The van der Waals surface area contributed by atoms with Crippen LogP contribution in [0.25, 0.3) is 0 Å². The predicted molar refractivity (Wildman–Crippen MR) is 70.9 cm³/mol. The summed E-state index contributed by atoms with van der Waals surface area (Å²) in [6.07, 6.45) is 0.959. The Morgan fingerprint density at radius 2 is 1.84 bits per heavy atom. The van der Waals surface area contributed by atoms with Crippen LogP contribution in [-0.4, -0.2) is 24.3 Å². The van der Waals surface area contributed by atoms with Gasteiger partial charge in [-0.3, -0.25) is 4.79 Å². The summed E-state index contributed by atoms with van der Waals surface area (Å²) < 4.78 is 16.8. The molecule has 4 nitrogen and oxygen atoms in total. The molecule has 0 bridgehead atoms.